The first-order valence-corrected chi connectivity index (χ1v) is 5.29. The molecule has 1 aromatic carbocycles. The van der Waals surface area contributed by atoms with E-state index in [-0.39, 0.29) is 10.0 Å². The number of halogens is 3. The van der Waals surface area contributed by atoms with Gasteiger partial charge in [-0.05, 0) is 34.6 Å². The van der Waals surface area contributed by atoms with Crippen LogP contribution in [-0.2, 0) is 0 Å². The summed E-state index contributed by atoms with van der Waals surface area (Å²) in [5.41, 5.74) is -0.192. The minimum Gasteiger partial charge on any atom is -0.306 e. The summed E-state index contributed by atoms with van der Waals surface area (Å²) in [6.07, 6.45) is 0. The van der Waals surface area contributed by atoms with Gasteiger partial charge in [-0.2, -0.15) is 0 Å². The van der Waals surface area contributed by atoms with Gasteiger partial charge < -0.3 is 5.32 Å². The van der Waals surface area contributed by atoms with Crippen molar-refractivity contribution in [1.82, 2.24) is 5.32 Å². The smallest absolute Gasteiger partial charge is 0.155 e. The molecule has 15 heavy (non-hydrogen) atoms. The summed E-state index contributed by atoms with van der Waals surface area (Å²) in [6.45, 7) is 3.13. The normalized spacial score (nSPS) is 9.60. The molecule has 80 valence electrons. The molecule has 0 atom stereocenters. The summed E-state index contributed by atoms with van der Waals surface area (Å²) in [6, 6.07) is 2.50. The second-order valence-corrected chi connectivity index (χ2v) is 3.65. The molecule has 0 aliphatic carbocycles. The molecule has 0 radical (unpaired) electrons. The number of nitrogens with one attached hydrogen (secondary N) is 1. The maximum Gasteiger partial charge on any atom is 0.155 e. The zero-order valence-corrected chi connectivity index (χ0v) is 9.79. The maximum atomic E-state index is 13.4. The first-order chi connectivity index (χ1) is 7.16. The molecule has 0 saturated carbocycles. The zero-order chi connectivity index (χ0) is 11.3. The van der Waals surface area contributed by atoms with E-state index in [0.717, 1.165) is 6.54 Å². The lowest BCUT2D eigenvalue weighted by Crippen LogP contribution is -2.12. The minimum absolute atomic E-state index is 0.192. The molecule has 0 saturated heterocycles. The van der Waals surface area contributed by atoms with Crippen LogP contribution in [0.15, 0.2) is 16.6 Å². The van der Waals surface area contributed by atoms with E-state index in [1.54, 1.807) is 0 Å². The van der Waals surface area contributed by atoms with Crippen molar-refractivity contribution in [3.05, 3.63) is 33.8 Å². The zero-order valence-electron chi connectivity index (χ0n) is 8.20. The van der Waals surface area contributed by atoms with Crippen LogP contribution < -0.4 is 5.32 Å². The molecule has 1 aromatic rings. The largest absolute Gasteiger partial charge is 0.306 e. The lowest BCUT2D eigenvalue weighted by molar-refractivity contribution is 0.573. The fourth-order valence-electron chi connectivity index (χ4n) is 0.962. The van der Waals surface area contributed by atoms with E-state index in [2.05, 4.69) is 33.1 Å². The molecular weight excluding hydrogens is 264 g/mol. The lowest BCUT2D eigenvalue weighted by atomic mass is 10.2. The highest BCUT2D eigenvalue weighted by molar-refractivity contribution is 9.10. The third kappa shape index (κ3) is 3.29. The van der Waals surface area contributed by atoms with Gasteiger partial charge in [0.15, 0.2) is 5.82 Å². The van der Waals surface area contributed by atoms with Gasteiger partial charge in [0.1, 0.15) is 5.82 Å². The van der Waals surface area contributed by atoms with Gasteiger partial charge in [0, 0.05) is 0 Å². The topological polar surface area (TPSA) is 12.0 Å². The van der Waals surface area contributed by atoms with Gasteiger partial charge in [-0.1, -0.05) is 18.8 Å². The third-order valence-corrected chi connectivity index (χ3v) is 2.33. The highest BCUT2D eigenvalue weighted by Gasteiger charge is 2.09. The average Bonchev–Trinajstić information content (AvgIpc) is 2.23. The Labute approximate surface area is 96.0 Å². The lowest BCUT2D eigenvalue weighted by Gasteiger charge is -1.98. The highest BCUT2D eigenvalue weighted by atomic mass is 79.9. The Kier molecular flexibility index (Phi) is 4.73. The molecule has 1 N–H and O–H groups in total. The fraction of sp³-hybridized carbons (Fsp3) is 0.273. The van der Waals surface area contributed by atoms with E-state index >= 15 is 0 Å². The van der Waals surface area contributed by atoms with Crippen LogP contribution in [-0.4, -0.2) is 13.1 Å². The van der Waals surface area contributed by atoms with Crippen LogP contribution in [0.4, 0.5) is 8.78 Å². The van der Waals surface area contributed by atoms with Gasteiger partial charge in [-0.25, -0.2) is 8.78 Å². The molecule has 0 aromatic heterocycles. The van der Waals surface area contributed by atoms with Crippen LogP contribution in [0.3, 0.4) is 0 Å². The van der Waals surface area contributed by atoms with Gasteiger partial charge in [-0.3, -0.25) is 0 Å². The van der Waals surface area contributed by atoms with Crippen molar-refractivity contribution in [1.29, 1.82) is 0 Å². The Bertz CT molecular complexity index is 407. The Morgan fingerprint density at radius 2 is 2.13 bits per heavy atom. The first kappa shape index (κ1) is 12.2. The van der Waals surface area contributed by atoms with Gasteiger partial charge in [0.2, 0.25) is 0 Å². The number of benzene rings is 1. The standard InChI is InChI=1S/C11H10BrF2N/c1-2-15-7-3-4-8-10(13)6-5-9(12)11(8)14/h5-6,15H,2,7H2,1H3. The van der Waals surface area contributed by atoms with Crippen LogP contribution in [0.5, 0.6) is 0 Å². The first-order valence-electron chi connectivity index (χ1n) is 4.50. The van der Waals surface area contributed by atoms with Gasteiger partial charge in [0.05, 0.1) is 16.6 Å². The summed E-state index contributed by atoms with van der Waals surface area (Å²) in [4.78, 5) is 0. The molecule has 0 spiro atoms. The molecule has 0 unspecified atom stereocenters. The van der Waals surface area contributed by atoms with Crippen molar-refractivity contribution < 1.29 is 8.78 Å². The van der Waals surface area contributed by atoms with Crippen molar-refractivity contribution in [3.63, 3.8) is 0 Å². The van der Waals surface area contributed by atoms with Gasteiger partial charge >= 0.3 is 0 Å². The quantitative estimate of drug-likeness (QED) is 0.496. The summed E-state index contributed by atoms with van der Waals surface area (Å²) < 4.78 is 26.7. The van der Waals surface area contributed by atoms with Gasteiger partial charge in [0.25, 0.3) is 0 Å². The Morgan fingerprint density at radius 3 is 2.80 bits per heavy atom. The van der Waals surface area contributed by atoms with Crippen molar-refractivity contribution >= 4 is 15.9 Å². The molecular formula is C11H10BrF2N. The van der Waals surface area contributed by atoms with E-state index < -0.39 is 11.6 Å². The third-order valence-electron chi connectivity index (χ3n) is 1.72. The Morgan fingerprint density at radius 1 is 1.40 bits per heavy atom. The van der Waals surface area contributed by atoms with E-state index in [0.29, 0.717) is 6.54 Å². The minimum atomic E-state index is -0.654. The number of rotatable bonds is 2. The summed E-state index contributed by atoms with van der Waals surface area (Å²) in [7, 11) is 0. The van der Waals surface area contributed by atoms with E-state index in [9.17, 15) is 8.78 Å². The molecule has 0 aliphatic heterocycles. The molecule has 0 fully saturated rings. The van der Waals surface area contributed by atoms with Crippen molar-refractivity contribution in [2.45, 2.75) is 6.92 Å². The Hall–Kier alpha value is -0.920. The van der Waals surface area contributed by atoms with E-state index in [1.807, 2.05) is 6.92 Å². The Balaban J connectivity index is 2.92. The van der Waals surface area contributed by atoms with Crippen molar-refractivity contribution in [2.75, 3.05) is 13.1 Å². The number of hydrogen-bond acceptors (Lipinski definition) is 1. The van der Waals surface area contributed by atoms with E-state index in [4.69, 9.17) is 0 Å². The summed E-state index contributed by atoms with van der Waals surface area (Å²) in [5.74, 6) is 3.82. The molecule has 0 heterocycles. The molecule has 1 nitrogen and oxygen atoms in total. The molecule has 0 bridgehead atoms. The average molecular weight is 274 g/mol. The van der Waals surface area contributed by atoms with Crippen LogP contribution in [0, 0.1) is 23.5 Å². The SMILES string of the molecule is CCNCC#Cc1c(F)ccc(Br)c1F. The van der Waals surface area contributed by atoms with Crippen molar-refractivity contribution in [3.8, 4) is 11.8 Å². The second kappa shape index (κ2) is 5.84. The van der Waals surface area contributed by atoms with Crippen LogP contribution in [0.1, 0.15) is 12.5 Å². The molecule has 4 heteroatoms. The molecule has 0 amide bonds. The fourth-order valence-corrected chi connectivity index (χ4v) is 1.29. The van der Waals surface area contributed by atoms with Gasteiger partial charge in [-0.15, -0.1) is 0 Å². The molecule has 1 rings (SSSR count). The monoisotopic (exact) mass is 273 g/mol. The predicted octanol–water partition coefficient (Wildman–Crippen LogP) is 2.69. The summed E-state index contributed by atoms with van der Waals surface area (Å²) >= 11 is 2.98. The summed E-state index contributed by atoms with van der Waals surface area (Å²) in [5, 5.41) is 2.94. The van der Waals surface area contributed by atoms with Crippen LogP contribution in [0.2, 0.25) is 0 Å². The van der Waals surface area contributed by atoms with Crippen molar-refractivity contribution in [2.24, 2.45) is 0 Å². The number of hydrogen-bond donors (Lipinski definition) is 1. The highest BCUT2D eigenvalue weighted by Crippen LogP contribution is 2.20. The second-order valence-electron chi connectivity index (χ2n) is 2.80. The predicted molar refractivity (Wildman–Crippen MR) is 59.5 cm³/mol. The molecule has 0 aliphatic rings. The van der Waals surface area contributed by atoms with Crippen LogP contribution >= 0.6 is 15.9 Å². The maximum absolute atomic E-state index is 13.4. The van der Waals surface area contributed by atoms with Crippen LogP contribution in [0.25, 0.3) is 0 Å². The van der Waals surface area contributed by atoms with E-state index in [1.165, 1.54) is 12.1 Å².